The summed E-state index contributed by atoms with van der Waals surface area (Å²) in [6.45, 7) is 1.77. The van der Waals surface area contributed by atoms with Crippen LogP contribution in [-0.2, 0) is 4.79 Å². The number of benzene rings is 1. The molecule has 92 valence electrons. The van der Waals surface area contributed by atoms with Crippen LogP contribution in [0.15, 0.2) is 22.7 Å². The minimum Gasteiger partial charge on any atom is -0.496 e. The van der Waals surface area contributed by atoms with E-state index in [-0.39, 0.29) is 11.0 Å². The maximum Gasteiger partial charge on any atom is 0.225 e. The molecule has 0 heterocycles. The number of ether oxygens (including phenoxy) is 1. The summed E-state index contributed by atoms with van der Waals surface area (Å²) in [7, 11) is 1.60. The highest BCUT2D eigenvalue weighted by Crippen LogP contribution is 2.27. The standard InChI is InChI=1S/C11H13BrN2O2S/c1-3-10(15)14-11(17)13-7-4-5-9(16-2)8(12)6-7/h4-6H,3H2,1-2H3,(H2,13,14,15,17). The Morgan fingerprint density at radius 1 is 1.53 bits per heavy atom. The zero-order chi connectivity index (χ0) is 12.8. The lowest BCUT2D eigenvalue weighted by Crippen LogP contribution is -2.33. The first-order valence-electron chi connectivity index (χ1n) is 5.01. The number of thiocarbonyl (C=S) groups is 1. The molecule has 1 aromatic carbocycles. The normalized spacial score (nSPS) is 9.59. The van der Waals surface area contributed by atoms with Crippen molar-refractivity contribution in [2.75, 3.05) is 12.4 Å². The largest absolute Gasteiger partial charge is 0.496 e. The number of hydrogen-bond acceptors (Lipinski definition) is 3. The van der Waals surface area contributed by atoms with Gasteiger partial charge in [-0.15, -0.1) is 0 Å². The lowest BCUT2D eigenvalue weighted by Gasteiger charge is -2.10. The van der Waals surface area contributed by atoms with Crippen LogP contribution in [0.2, 0.25) is 0 Å². The molecule has 0 spiro atoms. The van der Waals surface area contributed by atoms with Crippen molar-refractivity contribution < 1.29 is 9.53 Å². The van der Waals surface area contributed by atoms with Crippen LogP contribution >= 0.6 is 28.1 Å². The smallest absolute Gasteiger partial charge is 0.225 e. The maximum atomic E-state index is 11.1. The molecule has 6 heteroatoms. The van der Waals surface area contributed by atoms with Gasteiger partial charge in [0, 0.05) is 12.1 Å². The Labute approximate surface area is 114 Å². The van der Waals surface area contributed by atoms with Gasteiger partial charge >= 0.3 is 0 Å². The molecule has 4 nitrogen and oxygen atoms in total. The van der Waals surface area contributed by atoms with E-state index in [2.05, 4.69) is 26.6 Å². The second kappa shape index (κ2) is 6.56. The summed E-state index contributed by atoms with van der Waals surface area (Å²) in [5.74, 6) is 0.620. The van der Waals surface area contributed by atoms with Gasteiger partial charge in [-0.25, -0.2) is 0 Å². The van der Waals surface area contributed by atoms with Crippen LogP contribution in [0, 0.1) is 0 Å². The number of rotatable bonds is 3. The van der Waals surface area contributed by atoms with Gasteiger partial charge in [-0.05, 0) is 46.3 Å². The number of carbonyl (C=O) groups excluding carboxylic acids is 1. The molecule has 1 aromatic rings. The number of nitrogens with one attached hydrogen (secondary N) is 2. The third-order valence-corrected chi connectivity index (χ3v) is 2.81. The highest BCUT2D eigenvalue weighted by molar-refractivity contribution is 9.10. The minimum absolute atomic E-state index is 0.116. The molecular weight excluding hydrogens is 304 g/mol. The molecule has 0 saturated heterocycles. The van der Waals surface area contributed by atoms with Gasteiger partial charge in [0.25, 0.3) is 0 Å². The molecule has 1 amide bonds. The van der Waals surface area contributed by atoms with E-state index in [1.54, 1.807) is 20.1 Å². The summed E-state index contributed by atoms with van der Waals surface area (Å²) in [4.78, 5) is 11.1. The van der Waals surface area contributed by atoms with Crippen molar-refractivity contribution in [3.05, 3.63) is 22.7 Å². The number of halogens is 1. The number of amides is 1. The van der Waals surface area contributed by atoms with Crippen LogP contribution in [0.1, 0.15) is 13.3 Å². The first-order valence-corrected chi connectivity index (χ1v) is 6.21. The molecule has 0 bridgehead atoms. The fourth-order valence-corrected chi connectivity index (χ4v) is 1.89. The molecule has 0 unspecified atom stereocenters. The quantitative estimate of drug-likeness (QED) is 0.842. The number of hydrogen-bond donors (Lipinski definition) is 2. The third-order valence-electron chi connectivity index (χ3n) is 1.98. The number of anilines is 1. The van der Waals surface area contributed by atoms with Crippen molar-refractivity contribution >= 4 is 44.9 Å². The van der Waals surface area contributed by atoms with Gasteiger partial charge in [0.15, 0.2) is 5.11 Å². The Bertz CT molecular complexity index is 437. The van der Waals surface area contributed by atoms with Gasteiger partial charge in [-0.2, -0.15) is 0 Å². The second-order valence-electron chi connectivity index (χ2n) is 3.21. The third kappa shape index (κ3) is 4.32. The van der Waals surface area contributed by atoms with Crippen molar-refractivity contribution in [2.45, 2.75) is 13.3 Å². The summed E-state index contributed by atoms with van der Waals surface area (Å²) >= 11 is 8.36. The molecule has 0 aliphatic carbocycles. The van der Waals surface area contributed by atoms with Crippen LogP contribution < -0.4 is 15.4 Å². The molecule has 0 aliphatic heterocycles. The van der Waals surface area contributed by atoms with Gasteiger partial charge in [0.1, 0.15) is 5.75 Å². The molecule has 0 saturated carbocycles. The highest BCUT2D eigenvalue weighted by Gasteiger charge is 2.04. The Morgan fingerprint density at radius 3 is 2.76 bits per heavy atom. The minimum atomic E-state index is -0.116. The number of methoxy groups -OCH3 is 1. The van der Waals surface area contributed by atoms with Crippen LogP contribution in [-0.4, -0.2) is 18.1 Å². The molecule has 0 radical (unpaired) electrons. The van der Waals surface area contributed by atoms with E-state index >= 15 is 0 Å². The van der Waals surface area contributed by atoms with Crippen molar-refractivity contribution in [1.29, 1.82) is 0 Å². The van der Waals surface area contributed by atoms with E-state index in [9.17, 15) is 4.79 Å². The Balaban J connectivity index is 2.66. The lowest BCUT2D eigenvalue weighted by molar-refractivity contribution is -0.119. The van der Waals surface area contributed by atoms with Gasteiger partial charge < -0.3 is 15.4 Å². The Morgan fingerprint density at radius 2 is 2.24 bits per heavy atom. The van der Waals surface area contributed by atoms with Gasteiger partial charge in [0.05, 0.1) is 11.6 Å². The van der Waals surface area contributed by atoms with Gasteiger partial charge in [0.2, 0.25) is 5.91 Å². The van der Waals surface area contributed by atoms with Crippen molar-refractivity contribution in [1.82, 2.24) is 5.32 Å². The fraction of sp³-hybridized carbons (Fsp3) is 0.273. The molecule has 2 N–H and O–H groups in total. The van der Waals surface area contributed by atoms with E-state index in [1.807, 2.05) is 12.1 Å². The first kappa shape index (κ1) is 13.9. The molecule has 0 fully saturated rings. The zero-order valence-electron chi connectivity index (χ0n) is 9.54. The van der Waals surface area contributed by atoms with Crippen molar-refractivity contribution in [3.63, 3.8) is 0 Å². The molecular formula is C11H13BrN2O2S. The van der Waals surface area contributed by atoms with Crippen LogP contribution in [0.4, 0.5) is 5.69 Å². The Kier molecular flexibility index (Phi) is 5.37. The van der Waals surface area contributed by atoms with Crippen LogP contribution in [0.3, 0.4) is 0 Å². The van der Waals surface area contributed by atoms with Gasteiger partial charge in [-0.1, -0.05) is 6.92 Å². The second-order valence-corrected chi connectivity index (χ2v) is 4.47. The first-order chi connectivity index (χ1) is 8.06. The molecule has 1 rings (SSSR count). The van der Waals surface area contributed by atoms with E-state index in [1.165, 1.54) is 0 Å². The van der Waals surface area contributed by atoms with Crippen molar-refractivity contribution in [2.24, 2.45) is 0 Å². The molecule has 0 aliphatic rings. The SMILES string of the molecule is CCC(=O)NC(=S)Nc1ccc(OC)c(Br)c1. The zero-order valence-corrected chi connectivity index (χ0v) is 11.9. The van der Waals surface area contributed by atoms with Crippen molar-refractivity contribution in [3.8, 4) is 5.75 Å². The van der Waals surface area contributed by atoms with E-state index < -0.39 is 0 Å². The summed E-state index contributed by atoms with van der Waals surface area (Å²) in [6, 6.07) is 5.44. The summed E-state index contributed by atoms with van der Waals surface area (Å²) in [5.41, 5.74) is 0.777. The monoisotopic (exact) mass is 316 g/mol. The maximum absolute atomic E-state index is 11.1. The van der Waals surface area contributed by atoms with Crippen LogP contribution in [0.25, 0.3) is 0 Å². The van der Waals surface area contributed by atoms with Crippen LogP contribution in [0.5, 0.6) is 5.75 Å². The predicted molar refractivity (Wildman–Crippen MR) is 75.3 cm³/mol. The summed E-state index contributed by atoms with van der Waals surface area (Å²) < 4.78 is 5.92. The molecule has 0 atom stereocenters. The topological polar surface area (TPSA) is 50.4 Å². The number of carbonyl (C=O) groups is 1. The molecule has 17 heavy (non-hydrogen) atoms. The highest BCUT2D eigenvalue weighted by atomic mass is 79.9. The predicted octanol–water partition coefficient (Wildman–Crippen LogP) is 2.68. The van der Waals surface area contributed by atoms with E-state index in [4.69, 9.17) is 17.0 Å². The average molecular weight is 317 g/mol. The van der Waals surface area contributed by atoms with E-state index in [0.29, 0.717) is 6.42 Å². The molecule has 0 aromatic heterocycles. The fourth-order valence-electron chi connectivity index (χ4n) is 1.12. The van der Waals surface area contributed by atoms with Gasteiger partial charge in [-0.3, -0.25) is 4.79 Å². The lowest BCUT2D eigenvalue weighted by atomic mass is 10.3. The summed E-state index contributed by atoms with van der Waals surface area (Å²) in [5, 5.41) is 5.76. The van der Waals surface area contributed by atoms with E-state index in [0.717, 1.165) is 15.9 Å². The summed E-state index contributed by atoms with van der Waals surface area (Å²) in [6.07, 6.45) is 0.397. The average Bonchev–Trinajstić information content (AvgIpc) is 2.29. The Hall–Kier alpha value is -1.14.